The molecule has 1 aliphatic rings. The molecule has 0 aromatic carbocycles. The summed E-state index contributed by atoms with van der Waals surface area (Å²) >= 11 is 0. The zero-order valence-corrected chi connectivity index (χ0v) is 15.2. The molecule has 1 saturated heterocycles. The van der Waals surface area contributed by atoms with Crippen LogP contribution in [-0.2, 0) is 9.53 Å². The average Bonchev–Trinajstić information content (AvgIpc) is 2.55. The van der Waals surface area contributed by atoms with Gasteiger partial charge in [-0.25, -0.2) is 0 Å². The summed E-state index contributed by atoms with van der Waals surface area (Å²) in [5.41, 5.74) is 0. The highest BCUT2D eigenvalue weighted by Gasteiger charge is 2.13. The molecule has 1 fully saturated rings. The van der Waals surface area contributed by atoms with E-state index in [1.54, 1.807) is 6.92 Å². The molecule has 0 bridgehead atoms. The van der Waals surface area contributed by atoms with Crippen molar-refractivity contribution in [3.05, 3.63) is 0 Å². The molecule has 1 rings (SSSR count). The van der Waals surface area contributed by atoms with Crippen molar-refractivity contribution in [3.8, 4) is 0 Å². The molecule has 0 aromatic heterocycles. The first kappa shape index (κ1) is 22.7. The quantitative estimate of drug-likeness (QED) is 0.783. The molecule has 128 valence electrons. The molecule has 0 spiro atoms. The van der Waals surface area contributed by atoms with Crippen molar-refractivity contribution in [1.29, 1.82) is 0 Å². The number of rotatable bonds is 7. The Balaban J connectivity index is 0. The van der Waals surface area contributed by atoms with Crippen molar-refractivity contribution in [2.75, 3.05) is 32.8 Å². The number of nitrogens with one attached hydrogen (secondary N) is 1. The van der Waals surface area contributed by atoms with Gasteiger partial charge in [-0.2, -0.15) is 0 Å². The van der Waals surface area contributed by atoms with Crippen LogP contribution in [0.4, 0.5) is 0 Å². The lowest BCUT2D eigenvalue weighted by molar-refractivity contribution is -0.128. The standard InChI is InChI=1S/C13H26N2O2.2C2H6/c1-3-4-8-15(12(2)16)9-7-14-13-5-10-17-11-6-13;2*1-2/h13-14H,3-11H2,1-2H3;2*1-2H3. The van der Waals surface area contributed by atoms with Gasteiger partial charge in [0.1, 0.15) is 0 Å². The number of hydrogen-bond donors (Lipinski definition) is 1. The number of carbonyl (C=O) groups is 1. The van der Waals surface area contributed by atoms with Gasteiger partial charge in [0.15, 0.2) is 0 Å². The van der Waals surface area contributed by atoms with Gasteiger partial charge in [0, 0.05) is 45.8 Å². The van der Waals surface area contributed by atoms with Crippen molar-refractivity contribution in [3.63, 3.8) is 0 Å². The molecule has 0 atom stereocenters. The van der Waals surface area contributed by atoms with Crippen molar-refractivity contribution < 1.29 is 9.53 Å². The van der Waals surface area contributed by atoms with Crippen LogP contribution in [0, 0.1) is 0 Å². The molecule has 0 aromatic rings. The molecule has 1 heterocycles. The maximum Gasteiger partial charge on any atom is 0.219 e. The summed E-state index contributed by atoms with van der Waals surface area (Å²) in [4.78, 5) is 13.4. The monoisotopic (exact) mass is 302 g/mol. The second-order valence-electron chi connectivity index (χ2n) is 4.70. The second-order valence-corrected chi connectivity index (χ2v) is 4.70. The van der Waals surface area contributed by atoms with Crippen LogP contribution < -0.4 is 5.32 Å². The van der Waals surface area contributed by atoms with E-state index in [4.69, 9.17) is 4.74 Å². The molecular formula is C17H38N2O2. The highest BCUT2D eigenvalue weighted by atomic mass is 16.5. The molecule has 1 N–H and O–H groups in total. The van der Waals surface area contributed by atoms with Gasteiger partial charge < -0.3 is 15.0 Å². The zero-order valence-electron chi connectivity index (χ0n) is 15.2. The largest absolute Gasteiger partial charge is 0.381 e. The summed E-state index contributed by atoms with van der Waals surface area (Å²) in [5, 5.41) is 3.51. The van der Waals surface area contributed by atoms with E-state index in [1.807, 2.05) is 32.6 Å². The minimum Gasteiger partial charge on any atom is -0.381 e. The normalized spacial score (nSPS) is 14.4. The van der Waals surface area contributed by atoms with E-state index in [-0.39, 0.29) is 5.91 Å². The molecule has 4 nitrogen and oxygen atoms in total. The summed E-state index contributed by atoms with van der Waals surface area (Å²) in [6, 6.07) is 0.573. The molecular weight excluding hydrogens is 264 g/mol. The van der Waals surface area contributed by atoms with Gasteiger partial charge in [0.05, 0.1) is 0 Å². The number of nitrogens with zero attached hydrogens (tertiary/aromatic N) is 1. The van der Waals surface area contributed by atoms with E-state index in [9.17, 15) is 4.79 Å². The molecule has 4 heteroatoms. The molecule has 0 saturated carbocycles. The van der Waals surface area contributed by atoms with E-state index in [1.165, 1.54) is 0 Å². The lowest BCUT2D eigenvalue weighted by Crippen LogP contribution is -2.41. The summed E-state index contributed by atoms with van der Waals surface area (Å²) in [6.07, 6.45) is 4.41. The van der Waals surface area contributed by atoms with Gasteiger partial charge in [-0.1, -0.05) is 41.0 Å². The van der Waals surface area contributed by atoms with Gasteiger partial charge in [-0.05, 0) is 19.3 Å². The Morgan fingerprint density at radius 2 is 1.71 bits per heavy atom. The zero-order chi connectivity index (χ0) is 16.5. The number of carbonyl (C=O) groups excluding carboxylic acids is 1. The van der Waals surface area contributed by atoms with Crippen LogP contribution in [0.3, 0.4) is 0 Å². The Labute approximate surface area is 132 Å². The Morgan fingerprint density at radius 1 is 1.14 bits per heavy atom. The third kappa shape index (κ3) is 12.8. The van der Waals surface area contributed by atoms with Crippen LogP contribution in [0.15, 0.2) is 0 Å². The van der Waals surface area contributed by atoms with E-state index in [2.05, 4.69) is 12.2 Å². The van der Waals surface area contributed by atoms with Crippen LogP contribution >= 0.6 is 0 Å². The first-order valence-electron chi connectivity index (χ1n) is 8.80. The molecule has 0 aliphatic carbocycles. The fourth-order valence-electron chi connectivity index (χ4n) is 2.08. The minimum atomic E-state index is 0.187. The maximum absolute atomic E-state index is 11.4. The Kier molecular flexibility index (Phi) is 18.8. The molecule has 21 heavy (non-hydrogen) atoms. The summed E-state index contributed by atoms with van der Waals surface area (Å²) < 4.78 is 5.31. The van der Waals surface area contributed by atoms with Crippen molar-refractivity contribution in [2.45, 2.75) is 73.3 Å². The smallest absolute Gasteiger partial charge is 0.219 e. The van der Waals surface area contributed by atoms with Crippen LogP contribution in [-0.4, -0.2) is 49.7 Å². The molecule has 1 aliphatic heterocycles. The van der Waals surface area contributed by atoms with Gasteiger partial charge in [0.25, 0.3) is 0 Å². The lowest BCUT2D eigenvalue weighted by Gasteiger charge is -2.26. The van der Waals surface area contributed by atoms with Gasteiger partial charge in [0.2, 0.25) is 5.91 Å². The highest BCUT2D eigenvalue weighted by Crippen LogP contribution is 2.05. The lowest BCUT2D eigenvalue weighted by atomic mass is 10.1. The third-order valence-corrected chi connectivity index (χ3v) is 3.26. The number of hydrogen-bond acceptors (Lipinski definition) is 3. The van der Waals surface area contributed by atoms with Gasteiger partial charge >= 0.3 is 0 Å². The SMILES string of the molecule is CC.CC.CCCCN(CCNC1CCOCC1)C(C)=O. The molecule has 1 amide bonds. The number of amides is 1. The average molecular weight is 303 g/mol. The predicted octanol–water partition coefficient (Wildman–Crippen LogP) is 3.46. The van der Waals surface area contributed by atoms with E-state index < -0.39 is 0 Å². The second kappa shape index (κ2) is 17.4. The Bertz CT molecular complexity index is 217. The highest BCUT2D eigenvalue weighted by molar-refractivity contribution is 5.73. The van der Waals surface area contributed by atoms with Crippen molar-refractivity contribution in [2.24, 2.45) is 0 Å². The first-order chi connectivity index (χ1) is 10.2. The van der Waals surface area contributed by atoms with Crippen molar-refractivity contribution >= 4 is 5.91 Å². The van der Waals surface area contributed by atoms with Crippen LogP contribution in [0.2, 0.25) is 0 Å². The van der Waals surface area contributed by atoms with Gasteiger partial charge in [-0.15, -0.1) is 0 Å². The third-order valence-electron chi connectivity index (χ3n) is 3.26. The fraction of sp³-hybridized carbons (Fsp3) is 0.941. The topological polar surface area (TPSA) is 41.6 Å². The van der Waals surface area contributed by atoms with E-state index in [0.717, 1.165) is 58.5 Å². The predicted molar refractivity (Wildman–Crippen MR) is 91.7 cm³/mol. The molecule has 0 radical (unpaired) electrons. The maximum atomic E-state index is 11.4. The Morgan fingerprint density at radius 3 is 2.19 bits per heavy atom. The molecule has 0 unspecified atom stereocenters. The summed E-state index contributed by atoms with van der Waals surface area (Å²) in [6.45, 7) is 16.2. The van der Waals surface area contributed by atoms with E-state index >= 15 is 0 Å². The summed E-state index contributed by atoms with van der Waals surface area (Å²) in [7, 11) is 0. The first-order valence-corrected chi connectivity index (χ1v) is 8.80. The number of ether oxygens (including phenoxy) is 1. The van der Waals surface area contributed by atoms with Crippen LogP contribution in [0.25, 0.3) is 0 Å². The number of unbranched alkanes of at least 4 members (excludes halogenated alkanes) is 1. The fourth-order valence-corrected chi connectivity index (χ4v) is 2.08. The van der Waals surface area contributed by atoms with Crippen LogP contribution in [0.1, 0.15) is 67.2 Å². The summed E-state index contributed by atoms with van der Waals surface area (Å²) in [5.74, 6) is 0.187. The van der Waals surface area contributed by atoms with Crippen molar-refractivity contribution in [1.82, 2.24) is 10.2 Å². The minimum absolute atomic E-state index is 0.187. The Hall–Kier alpha value is -0.610. The van der Waals surface area contributed by atoms with Crippen LogP contribution in [0.5, 0.6) is 0 Å². The van der Waals surface area contributed by atoms with E-state index in [0.29, 0.717) is 6.04 Å². The van der Waals surface area contributed by atoms with Gasteiger partial charge in [-0.3, -0.25) is 4.79 Å².